The fraction of sp³-hybridized carbons (Fsp3) is 0.174. The van der Waals surface area contributed by atoms with E-state index in [-0.39, 0.29) is 18.1 Å². The molecule has 0 saturated carbocycles. The quantitative estimate of drug-likeness (QED) is 0.586. The van der Waals surface area contributed by atoms with E-state index in [0.29, 0.717) is 30.9 Å². The second-order valence-electron chi connectivity index (χ2n) is 7.25. The Morgan fingerprint density at radius 3 is 2.48 bits per heavy atom. The Balaban J connectivity index is 1.37. The minimum atomic E-state index is -0.502. The molecule has 1 aliphatic rings. The molecule has 0 bridgehead atoms. The second-order valence-corrected chi connectivity index (χ2v) is 7.25. The summed E-state index contributed by atoms with van der Waals surface area (Å²) >= 11 is 0. The van der Waals surface area contributed by atoms with Gasteiger partial charge in [0.1, 0.15) is 5.82 Å². The summed E-state index contributed by atoms with van der Waals surface area (Å²) in [6, 6.07) is 14.7. The van der Waals surface area contributed by atoms with E-state index in [2.05, 4.69) is 25.8 Å². The highest BCUT2D eigenvalue weighted by molar-refractivity contribution is 6.00. The van der Waals surface area contributed by atoms with E-state index >= 15 is 0 Å². The summed E-state index contributed by atoms with van der Waals surface area (Å²) in [5, 5.41) is 8.21. The number of carbonyl (C=O) groups is 2. The maximum atomic E-state index is 13.8. The van der Waals surface area contributed by atoms with Crippen molar-refractivity contribution < 1.29 is 14.0 Å². The summed E-state index contributed by atoms with van der Waals surface area (Å²) in [4.78, 5) is 30.7. The van der Waals surface area contributed by atoms with Gasteiger partial charge in [-0.05, 0) is 47.9 Å². The summed E-state index contributed by atoms with van der Waals surface area (Å²) in [7, 11) is 0. The highest BCUT2D eigenvalue weighted by Gasteiger charge is 2.21. The number of halogens is 1. The lowest BCUT2D eigenvalue weighted by Gasteiger charge is -2.29. The minimum absolute atomic E-state index is 0.0896. The van der Waals surface area contributed by atoms with E-state index in [0.717, 1.165) is 11.1 Å². The minimum Gasteiger partial charge on any atom is -0.325 e. The third-order valence-electron chi connectivity index (χ3n) is 5.05. The zero-order valence-electron chi connectivity index (χ0n) is 16.8. The maximum absolute atomic E-state index is 13.8. The molecule has 7 nitrogen and oxygen atoms in total. The molecule has 1 aromatic heterocycles. The molecule has 158 valence electrons. The van der Waals surface area contributed by atoms with Gasteiger partial charge in [0, 0.05) is 36.9 Å². The fourth-order valence-corrected chi connectivity index (χ4v) is 3.60. The molecular formula is C23H22FN5O2. The Hall–Kier alpha value is -3.78. The van der Waals surface area contributed by atoms with Gasteiger partial charge >= 0.3 is 6.03 Å². The topological polar surface area (TPSA) is 86.4 Å². The number of benzene rings is 2. The molecule has 2 heterocycles. The molecule has 0 fully saturated rings. The third kappa shape index (κ3) is 5.23. The number of anilines is 3. The van der Waals surface area contributed by atoms with Gasteiger partial charge in [0.25, 0.3) is 0 Å². The molecule has 1 aliphatic heterocycles. The van der Waals surface area contributed by atoms with Crippen LogP contribution in [0.2, 0.25) is 0 Å². The Morgan fingerprint density at radius 2 is 1.68 bits per heavy atom. The molecule has 3 amide bonds. The molecule has 8 heteroatoms. The monoisotopic (exact) mass is 419 g/mol. The summed E-state index contributed by atoms with van der Waals surface area (Å²) in [6.45, 7) is 1.56. The lowest BCUT2D eigenvalue weighted by atomic mass is 9.97. The summed E-state index contributed by atoms with van der Waals surface area (Å²) in [5.41, 5.74) is 3.59. The number of fused-ring (bicyclic) bond motifs is 1. The predicted molar refractivity (Wildman–Crippen MR) is 117 cm³/mol. The van der Waals surface area contributed by atoms with Crippen LogP contribution >= 0.6 is 0 Å². The van der Waals surface area contributed by atoms with Crippen molar-refractivity contribution in [3.63, 3.8) is 0 Å². The van der Waals surface area contributed by atoms with Gasteiger partial charge < -0.3 is 16.0 Å². The van der Waals surface area contributed by atoms with Crippen LogP contribution in [0.25, 0.3) is 0 Å². The van der Waals surface area contributed by atoms with E-state index in [1.165, 1.54) is 12.1 Å². The number of amides is 3. The van der Waals surface area contributed by atoms with Crippen molar-refractivity contribution in [2.75, 3.05) is 29.0 Å². The number of carbonyl (C=O) groups excluding carboxylic acids is 2. The van der Waals surface area contributed by atoms with Crippen LogP contribution in [0.4, 0.5) is 26.2 Å². The first-order chi connectivity index (χ1) is 15.1. The van der Waals surface area contributed by atoms with Gasteiger partial charge in [-0.15, -0.1) is 0 Å². The van der Waals surface area contributed by atoms with Gasteiger partial charge in [-0.3, -0.25) is 14.7 Å². The lowest BCUT2D eigenvalue weighted by Crippen LogP contribution is -2.37. The van der Waals surface area contributed by atoms with Crippen LogP contribution in [0.1, 0.15) is 11.1 Å². The average Bonchev–Trinajstić information content (AvgIpc) is 2.76. The Kier molecular flexibility index (Phi) is 6.18. The van der Waals surface area contributed by atoms with Crippen LogP contribution in [0.3, 0.4) is 0 Å². The van der Waals surface area contributed by atoms with Crippen LogP contribution < -0.4 is 16.0 Å². The first-order valence-corrected chi connectivity index (χ1v) is 9.94. The predicted octanol–water partition coefficient (Wildman–Crippen LogP) is 3.86. The van der Waals surface area contributed by atoms with Gasteiger partial charge in [-0.1, -0.05) is 24.3 Å². The molecule has 2 aromatic carbocycles. The number of rotatable bonds is 5. The van der Waals surface area contributed by atoms with Gasteiger partial charge in [0.15, 0.2) is 0 Å². The smallest absolute Gasteiger partial charge is 0.323 e. The standard InChI is InChI=1S/C23H22FN5O2/c24-19-5-1-2-6-21(19)28-23(31)27-20-7-3-4-16-14-29(13-10-18(16)20)15-22(30)26-17-8-11-25-12-9-17/h1-9,11-12H,10,13-15H2,(H,25,26,30)(H2,27,28,31). The number of hydrogen-bond donors (Lipinski definition) is 3. The largest absolute Gasteiger partial charge is 0.325 e. The van der Waals surface area contributed by atoms with Crippen molar-refractivity contribution in [3.8, 4) is 0 Å². The summed E-state index contributed by atoms with van der Waals surface area (Å²) in [6.07, 6.45) is 3.95. The SMILES string of the molecule is O=C(CN1CCc2c(cccc2NC(=O)Nc2ccccc2F)C1)Nc1ccncc1. The number of hydrogen-bond acceptors (Lipinski definition) is 4. The van der Waals surface area contributed by atoms with E-state index in [1.807, 2.05) is 18.2 Å². The zero-order valence-corrected chi connectivity index (χ0v) is 16.8. The van der Waals surface area contributed by atoms with Crippen molar-refractivity contribution in [2.45, 2.75) is 13.0 Å². The summed E-state index contributed by atoms with van der Waals surface area (Å²) < 4.78 is 13.8. The van der Waals surface area contributed by atoms with Gasteiger partial charge in [0.2, 0.25) is 5.91 Å². The van der Waals surface area contributed by atoms with Gasteiger partial charge in [-0.25, -0.2) is 9.18 Å². The molecule has 3 aromatic rings. The molecule has 0 atom stereocenters. The zero-order chi connectivity index (χ0) is 21.6. The lowest BCUT2D eigenvalue weighted by molar-refractivity contribution is -0.117. The average molecular weight is 419 g/mol. The Bertz CT molecular complexity index is 1090. The fourth-order valence-electron chi connectivity index (χ4n) is 3.60. The van der Waals surface area contributed by atoms with Crippen molar-refractivity contribution in [2.24, 2.45) is 0 Å². The van der Waals surface area contributed by atoms with Crippen molar-refractivity contribution in [1.82, 2.24) is 9.88 Å². The summed E-state index contributed by atoms with van der Waals surface area (Å²) in [5.74, 6) is -0.582. The molecule has 3 N–H and O–H groups in total. The van der Waals surface area contributed by atoms with Crippen LogP contribution in [-0.4, -0.2) is 34.9 Å². The molecule has 0 aliphatic carbocycles. The van der Waals surface area contributed by atoms with Crippen molar-refractivity contribution in [3.05, 3.63) is 83.9 Å². The number of urea groups is 1. The number of pyridine rings is 1. The van der Waals surface area contributed by atoms with Gasteiger partial charge in [-0.2, -0.15) is 0 Å². The van der Waals surface area contributed by atoms with Crippen LogP contribution in [0.15, 0.2) is 67.0 Å². The van der Waals surface area contributed by atoms with Crippen LogP contribution in [-0.2, 0) is 17.8 Å². The molecule has 0 saturated heterocycles. The molecule has 4 rings (SSSR count). The van der Waals surface area contributed by atoms with Crippen LogP contribution in [0.5, 0.6) is 0 Å². The van der Waals surface area contributed by atoms with E-state index in [9.17, 15) is 14.0 Å². The van der Waals surface area contributed by atoms with Gasteiger partial charge in [0.05, 0.1) is 12.2 Å². The molecule has 0 radical (unpaired) electrons. The number of nitrogens with zero attached hydrogens (tertiary/aromatic N) is 2. The van der Waals surface area contributed by atoms with E-state index < -0.39 is 11.8 Å². The highest BCUT2D eigenvalue weighted by atomic mass is 19.1. The molecule has 0 spiro atoms. The normalized spacial score (nSPS) is 13.2. The van der Waals surface area contributed by atoms with Crippen molar-refractivity contribution >= 4 is 29.0 Å². The van der Waals surface area contributed by atoms with Crippen LogP contribution in [0, 0.1) is 5.82 Å². The number of nitrogens with one attached hydrogen (secondary N) is 3. The molecule has 0 unspecified atom stereocenters. The van der Waals surface area contributed by atoms with E-state index in [4.69, 9.17) is 0 Å². The van der Waals surface area contributed by atoms with Crippen molar-refractivity contribution in [1.29, 1.82) is 0 Å². The molecular weight excluding hydrogens is 397 g/mol. The Labute approximate surface area is 179 Å². The highest BCUT2D eigenvalue weighted by Crippen LogP contribution is 2.26. The first-order valence-electron chi connectivity index (χ1n) is 9.94. The number of aromatic nitrogens is 1. The Morgan fingerprint density at radius 1 is 0.935 bits per heavy atom. The van der Waals surface area contributed by atoms with E-state index in [1.54, 1.807) is 36.7 Å². The maximum Gasteiger partial charge on any atom is 0.323 e. The second kappa shape index (κ2) is 9.36. The number of para-hydroxylation sites is 1. The third-order valence-corrected chi connectivity index (χ3v) is 5.05. The first kappa shape index (κ1) is 20.5. The molecule has 31 heavy (non-hydrogen) atoms.